The monoisotopic (exact) mass is 1760 g/mol. The lowest BCUT2D eigenvalue weighted by Crippen LogP contribution is -2.14. The van der Waals surface area contributed by atoms with Crippen molar-refractivity contribution in [2.45, 2.75) is 19.3 Å². The van der Waals surface area contributed by atoms with Crippen LogP contribution in [-0.4, -0.2) is 44.9 Å². The highest BCUT2D eigenvalue weighted by atomic mass is 16.3. The summed E-state index contributed by atoms with van der Waals surface area (Å²) in [7, 11) is 0. The fraction of sp³-hybridized carbons (Fsp3) is 0.0238. The smallest absolute Gasteiger partial charge is 0.167 e. The van der Waals surface area contributed by atoms with Gasteiger partial charge in [0.15, 0.2) is 52.4 Å². The summed E-state index contributed by atoms with van der Waals surface area (Å²) in [5, 5.41) is 29.0. The van der Waals surface area contributed by atoms with Crippen LogP contribution in [0.3, 0.4) is 0 Å². The Bertz CT molecular complexity index is 10100. The molecule has 640 valence electrons. The van der Waals surface area contributed by atoms with Crippen LogP contribution in [-0.2, 0) is 5.41 Å². The highest BCUT2D eigenvalue weighted by Crippen LogP contribution is 2.56. The molecule has 0 aliphatic heterocycles. The lowest BCUT2D eigenvalue weighted by atomic mass is 9.82. The Labute approximate surface area is 788 Å². The maximum atomic E-state index is 6.80. The molecule has 0 unspecified atom stereocenters. The van der Waals surface area contributed by atoms with Crippen LogP contribution < -0.4 is 0 Å². The van der Waals surface area contributed by atoms with E-state index in [2.05, 4.69) is 329 Å². The first-order valence-corrected chi connectivity index (χ1v) is 46.7. The minimum Gasteiger partial charge on any atom is -0.455 e. The van der Waals surface area contributed by atoms with E-state index >= 15 is 0 Å². The summed E-state index contributed by atoms with van der Waals surface area (Å²) in [5.74, 6) is 5.55. The van der Waals surface area contributed by atoms with Gasteiger partial charge in [0.05, 0.1) is 16.7 Å². The van der Waals surface area contributed by atoms with E-state index in [9.17, 15) is 0 Å². The summed E-state index contributed by atoms with van der Waals surface area (Å²) in [6.45, 7) is 4.60. The first kappa shape index (κ1) is 77.2. The maximum absolute atomic E-state index is 6.80. The Morgan fingerprint density at radius 3 is 0.986 bits per heavy atom. The molecule has 0 bridgehead atoms. The minimum absolute atomic E-state index is 0.133. The van der Waals surface area contributed by atoms with Crippen molar-refractivity contribution < 1.29 is 13.3 Å². The third-order valence-electron chi connectivity index (χ3n) is 28.7. The summed E-state index contributed by atoms with van der Waals surface area (Å²) in [5.41, 5.74) is 22.8. The second-order valence-corrected chi connectivity index (χ2v) is 36.7. The molecule has 6 aromatic heterocycles. The molecule has 0 fully saturated rings. The molecule has 1 aliphatic rings. The predicted octanol–water partition coefficient (Wildman–Crippen LogP) is 33.0. The molecule has 1 aliphatic carbocycles. The van der Waals surface area contributed by atoms with E-state index in [4.69, 9.17) is 58.1 Å². The quantitative estimate of drug-likeness (QED) is 0.0894. The van der Waals surface area contributed by atoms with Crippen molar-refractivity contribution >= 4 is 163 Å². The number of aromatic nitrogens is 9. The Balaban J connectivity index is 0.0000000999. The number of rotatable bonds is 11. The van der Waals surface area contributed by atoms with Gasteiger partial charge in [-0.25, -0.2) is 44.9 Å². The number of hydrogen-bond acceptors (Lipinski definition) is 12. The highest BCUT2D eigenvalue weighted by Gasteiger charge is 2.38. The van der Waals surface area contributed by atoms with Gasteiger partial charge < -0.3 is 13.3 Å². The number of hydrogen-bond donors (Lipinski definition) is 0. The molecule has 0 amide bonds. The first-order valence-electron chi connectivity index (χ1n) is 46.7. The molecule has 0 spiro atoms. The molecule has 0 N–H and O–H groups in total. The zero-order chi connectivity index (χ0) is 90.7. The van der Waals surface area contributed by atoms with Crippen molar-refractivity contribution in [2.24, 2.45) is 0 Å². The lowest BCUT2D eigenvalue weighted by Gasteiger charge is -2.21. The van der Waals surface area contributed by atoms with Crippen molar-refractivity contribution in [1.29, 1.82) is 0 Å². The van der Waals surface area contributed by atoms with Crippen LogP contribution >= 0.6 is 0 Å². The second kappa shape index (κ2) is 29.8. The van der Waals surface area contributed by atoms with Crippen LogP contribution in [0, 0.1) is 0 Å². The largest absolute Gasteiger partial charge is 0.455 e. The third kappa shape index (κ3) is 11.7. The fourth-order valence-electron chi connectivity index (χ4n) is 22.4. The third-order valence-corrected chi connectivity index (χ3v) is 28.7. The molecule has 12 heteroatoms. The number of fused-ring (bicyclic) bond motifs is 6. The van der Waals surface area contributed by atoms with Crippen LogP contribution in [0.4, 0.5) is 0 Å². The van der Waals surface area contributed by atoms with Gasteiger partial charge >= 0.3 is 0 Å². The maximum Gasteiger partial charge on any atom is 0.167 e. The molecule has 0 saturated carbocycles. The van der Waals surface area contributed by atoms with Crippen molar-refractivity contribution in [1.82, 2.24) is 44.9 Å². The van der Waals surface area contributed by atoms with E-state index in [-0.39, 0.29) is 5.41 Å². The van der Waals surface area contributed by atoms with Crippen LogP contribution in [0.5, 0.6) is 0 Å². The van der Waals surface area contributed by atoms with E-state index in [1.54, 1.807) is 0 Å². The van der Waals surface area contributed by atoms with E-state index in [1.807, 2.05) is 91.0 Å². The van der Waals surface area contributed by atoms with Gasteiger partial charge in [0, 0.05) is 87.3 Å². The second-order valence-electron chi connectivity index (χ2n) is 36.7. The summed E-state index contributed by atoms with van der Waals surface area (Å²) in [6, 6.07) is 142. The summed E-state index contributed by atoms with van der Waals surface area (Å²) in [6.07, 6.45) is 0. The van der Waals surface area contributed by atoms with Gasteiger partial charge in [-0.05, 0) is 168 Å². The van der Waals surface area contributed by atoms with Gasteiger partial charge in [0.2, 0.25) is 0 Å². The predicted molar refractivity (Wildman–Crippen MR) is 563 cm³/mol. The Kier molecular flexibility index (Phi) is 16.7. The molecule has 30 aromatic rings. The van der Waals surface area contributed by atoms with Crippen molar-refractivity contribution in [3.63, 3.8) is 0 Å². The molecule has 0 atom stereocenters. The average molecular weight is 1760 g/mol. The molecular weight excluding hydrogens is 1690 g/mol. The molecule has 12 nitrogen and oxygen atoms in total. The Morgan fingerprint density at radius 2 is 0.478 bits per heavy atom. The standard InChI is InChI=1S/C44H27N3O.2C41H23N3O/c1-44(2)32-18-7-6-14-29(32)37-30(17-9-19-33(37)44)42-45-41(25-11-4-3-5-12-25)46-43(47-42)31-23-26-22-21-24-13-8-15-27-28-16-10-20-34-38(28)39(40(31)48-34)36(26)35(24)27;1-3-9-24(10-4-1)28-14-7-15-29(23-28)40-42-39(27-11-5-2-6-12-27)43-41(44-40)32-21-20-31-30-16-8-13-25-17-18-26-19-22-33-37(35(26)34(25)30)36(31)38(32)45-33;1-3-8-24(9-4-1)25-14-18-29(19-15-25)40-42-39(28-10-5-2-6-11-28)43-41(44-40)32-22-21-31-30-13-7-12-26-16-17-27-20-23-33-37(35(27)34(26)30)36(31)38(32)45-33/h3-23H,1-2H3;2*1-23H. The van der Waals surface area contributed by atoms with Gasteiger partial charge in [0.1, 0.15) is 33.5 Å². The molecule has 0 saturated heterocycles. The molecule has 24 aromatic carbocycles. The zero-order valence-electron chi connectivity index (χ0n) is 74.4. The zero-order valence-corrected chi connectivity index (χ0v) is 74.4. The average Bonchev–Trinajstić information content (AvgIpc) is 1.50. The minimum atomic E-state index is -0.133. The van der Waals surface area contributed by atoms with Crippen molar-refractivity contribution in [3.8, 4) is 136 Å². The van der Waals surface area contributed by atoms with Gasteiger partial charge in [0.25, 0.3) is 0 Å². The van der Waals surface area contributed by atoms with Gasteiger partial charge in [-0.2, -0.15) is 0 Å². The highest BCUT2D eigenvalue weighted by molar-refractivity contribution is 6.43. The summed E-state index contributed by atoms with van der Waals surface area (Å²) < 4.78 is 20.3. The van der Waals surface area contributed by atoms with Crippen molar-refractivity contribution in [3.05, 3.63) is 418 Å². The first-order chi connectivity index (χ1) is 68.2. The normalized spacial score (nSPS) is 12.6. The van der Waals surface area contributed by atoms with Gasteiger partial charge in [-0.15, -0.1) is 0 Å². The molecule has 6 heterocycles. The van der Waals surface area contributed by atoms with E-state index in [0.717, 1.165) is 138 Å². The van der Waals surface area contributed by atoms with Crippen molar-refractivity contribution in [2.75, 3.05) is 0 Å². The van der Waals surface area contributed by atoms with E-state index in [1.165, 1.54) is 119 Å². The van der Waals surface area contributed by atoms with Crippen LogP contribution in [0.2, 0.25) is 0 Å². The topological polar surface area (TPSA) is 155 Å². The number of nitrogens with zero attached hydrogens (tertiary/aromatic N) is 9. The molecule has 138 heavy (non-hydrogen) atoms. The molecular formula is C126H73N9O3. The van der Waals surface area contributed by atoms with E-state index < -0.39 is 0 Å². The number of benzene rings is 24. The Hall–Kier alpha value is -18.4. The summed E-state index contributed by atoms with van der Waals surface area (Å²) >= 11 is 0. The van der Waals surface area contributed by atoms with Crippen LogP contribution in [0.1, 0.15) is 25.0 Å². The van der Waals surface area contributed by atoms with Gasteiger partial charge in [-0.3, -0.25) is 0 Å². The fourth-order valence-corrected chi connectivity index (χ4v) is 22.4. The SMILES string of the molecule is CC1(C)c2ccccc2-c2c(-c3nc(-c4ccccc4)nc(-c4cc5ccc6cccc7c8cccc9oc4c(c98)c5c67)n3)cccc21.c1ccc(-c2ccc(-c3nc(-c4ccccc4)nc(-c4ccc5c6cccc7ccc8ccc9oc4c5c9c8c76)n3)cc2)cc1.c1ccc(-c2cccc(-c3nc(-c4ccccc4)nc(-c4ccc5c6cccc7ccc8ccc9oc4c5c9c8c76)n3)c2)cc1. The lowest BCUT2D eigenvalue weighted by molar-refractivity contribution is 0.660. The molecule has 0 radical (unpaired) electrons. The van der Waals surface area contributed by atoms with Crippen LogP contribution in [0.25, 0.3) is 299 Å². The van der Waals surface area contributed by atoms with E-state index in [0.29, 0.717) is 52.4 Å². The van der Waals surface area contributed by atoms with Gasteiger partial charge in [-0.1, -0.05) is 378 Å². The summed E-state index contributed by atoms with van der Waals surface area (Å²) in [4.78, 5) is 46.0. The number of furan rings is 3. The molecule has 31 rings (SSSR count). The Morgan fingerprint density at radius 1 is 0.167 bits per heavy atom. The van der Waals surface area contributed by atoms with Crippen LogP contribution in [0.15, 0.2) is 420 Å².